The lowest BCUT2D eigenvalue weighted by Crippen LogP contribution is -2.39. The zero-order chi connectivity index (χ0) is 14.0. The van der Waals surface area contributed by atoms with E-state index in [1.807, 2.05) is 0 Å². The first kappa shape index (κ1) is 12.8. The molecule has 0 aromatic heterocycles. The number of fused-ring (bicyclic) bond motifs is 1. The van der Waals surface area contributed by atoms with Crippen molar-refractivity contribution in [2.24, 2.45) is 5.41 Å². The lowest BCUT2D eigenvalue weighted by molar-refractivity contribution is -0.126. The molecule has 1 aromatic rings. The lowest BCUT2D eigenvalue weighted by atomic mass is 9.81. The van der Waals surface area contributed by atoms with Crippen molar-refractivity contribution in [1.29, 1.82) is 5.26 Å². The van der Waals surface area contributed by atoms with E-state index in [0.717, 1.165) is 0 Å². The van der Waals surface area contributed by atoms with Gasteiger partial charge in [0.25, 0.3) is 0 Å². The molecule has 104 valence electrons. The molecular formula is C14H14N2O4. The predicted molar refractivity (Wildman–Crippen MR) is 69.3 cm³/mol. The number of nitrogens with zero attached hydrogens (tertiary/aromatic N) is 1. The number of hydrogen-bond acceptors (Lipinski definition) is 5. The molecule has 20 heavy (non-hydrogen) atoms. The summed E-state index contributed by atoms with van der Waals surface area (Å²) in [5.74, 6) is 0.965. The molecule has 6 heteroatoms. The summed E-state index contributed by atoms with van der Waals surface area (Å²) in [7, 11) is 0. The third-order valence-corrected chi connectivity index (χ3v) is 3.63. The molecule has 0 aliphatic carbocycles. The number of carbonyl (C=O) groups excluding carboxylic acids is 1. The van der Waals surface area contributed by atoms with Crippen LogP contribution in [-0.4, -0.2) is 25.9 Å². The van der Waals surface area contributed by atoms with Gasteiger partial charge >= 0.3 is 0 Å². The van der Waals surface area contributed by atoms with E-state index in [9.17, 15) is 10.1 Å². The van der Waals surface area contributed by atoms with Crippen LogP contribution in [0, 0.1) is 16.7 Å². The minimum absolute atomic E-state index is 0.187. The van der Waals surface area contributed by atoms with E-state index in [0.29, 0.717) is 43.2 Å². The number of hydrogen-bond donors (Lipinski definition) is 1. The number of ether oxygens (including phenoxy) is 3. The highest BCUT2D eigenvalue weighted by Gasteiger charge is 2.40. The molecule has 1 amide bonds. The summed E-state index contributed by atoms with van der Waals surface area (Å²) >= 11 is 0. The summed E-state index contributed by atoms with van der Waals surface area (Å²) < 4.78 is 15.7. The van der Waals surface area contributed by atoms with Crippen molar-refractivity contribution in [3.8, 4) is 17.6 Å². The van der Waals surface area contributed by atoms with Crippen LogP contribution in [0.4, 0.5) is 5.69 Å². The zero-order valence-electron chi connectivity index (χ0n) is 10.8. The van der Waals surface area contributed by atoms with Crippen molar-refractivity contribution >= 4 is 11.6 Å². The summed E-state index contributed by atoms with van der Waals surface area (Å²) in [5.41, 5.74) is -0.408. The topological polar surface area (TPSA) is 80.6 Å². The van der Waals surface area contributed by atoms with Gasteiger partial charge in [0.2, 0.25) is 12.7 Å². The van der Waals surface area contributed by atoms with Crippen molar-refractivity contribution in [2.45, 2.75) is 12.8 Å². The molecule has 3 rings (SSSR count). The zero-order valence-corrected chi connectivity index (χ0v) is 10.8. The number of rotatable bonds is 2. The summed E-state index contributed by atoms with van der Waals surface area (Å²) in [5, 5.41) is 12.1. The standard InChI is InChI=1S/C14H14N2O4/c15-8-14(3-5-18-6-4-14)13(17)16-10-1-2-11-12(7-10)20-9-19-11/h1-2,7H,3-6,9H2,(H,16,17). The van der Waals surface area contributed by atoms with Crippen molar-refractivity contribution in [3.63, 3.8) is 0 Å². The van der Waals surface area contributed by atoms with Crippen molar-refractivity contribution in [2.75, 3.05) is 25.3 Å². The van der Waals surface area contributed by atoms with Gasteiger partial charge < -0.3 is 19.5 Å². The third kappa shape index (κ3) is 2.17. The van der Waals surface area contributed by atoms with E-state index in [4.69, 9.17) is 14.2 Å². The maximum absolute atomic E-state index is 12.4. The Morgan fingerprint density at radius 3 is 2.75 bits per heavy atom. The number of nitrogens with one attached hydrogen (secondary N) is 1. The fraction of sp³-hybridized carbons (Fsp3) is 0.429. The van der Waals surface area contributed by atoms with Gasteiger partial charge in [-0.3, -0.25) is 4.79 Å². The Morgan fingerprint density at radius 1 is 1.25 bits per heavy atom. The van der Waals surface area contributed by atoms with Gasteiger partial charge in [-0.1, -0.05) is 0 Å². The van der Waals surface area contributed by atoms with Crippen molar-refractivity contribution in [1.82, 2.24) is 0 Å². The Bertz CT molecular complexity index is 573. The Balaban J connectivity index is 1.77. The van der Waals surface area contributed by atoms with Gasteiger partial charge in [0.15, 0.2) is 11.5 Å². The number of benzene rings is 1. The Kier molecular flexibility index (Phi) is 3.20. The summed E-state index contributed by atoms with van der Waals surface area (Å²) in [6.45, 7) is 1.05. The summed E-state index contributed by atoms with van der Waals surface area (Å²) in [6, 6.07) is 7.31. The second-order valence-electron chi connectivity index (χ2n) is 4.83. The van der Waals surface area contributed by atoms with Crippen LogP contribution in [0.2, 0.25) is 0 Å². The van der Waals surface area contributed by atoms with Gasteiger partial charge in [-0.2, -0.15) is 5.26 Å². The van der Waals surface area contributed by atoms with Crippen LogP contribution in [0.3, 0.4) is 0 Å². The first-order valence-electron chi connectivity index (χ1n) is 6.44. The van der Waals surface area contributed by atoms with Crippen molar-refractivity contribution < 1.29 is 19.0 Å². The van der Waals surface area contributed by atoms with E-state index >= 15 is 0 Å². The minimum atomic E-state index is -1.01. The molecule has 2 aliphatic heterocycles. The molecule has 0 spiro atoms. The second-order valence-corrected chi connectivity index (χ2v) is 4.83. The SMILES string of the molecule is N#CC1(C(=O)Nc2ccc3c(c2)OCO3)CCOCC1. The summed E-state index contributed by atoms with van der Waals surface area (Å²) in [4.78, 5) is 12.4. The van der Waals surface area contributed by atoms with Crippen molar-refractivity contribution in [3.05, 3.63) is 18.2 Å². The molecule has 0 atom stereocenters. The maximum atomic E-state index is 12.4. The molecule has 0 saturated carbocycles. The number of amides is 1. The normalized spacial score (nSPS) is 19.1. The molecule has 1 fully saturated rings. The van der Waals surface area contributed by atoms with Crippen LogP contribution in [0.25, 0.3) is 0 Å². The first-order valence-corrected chi connectivity index (χ1v) is 6.44. The lowest BCUT2D eigenvalue weighted by Gasteiger charge is -2.29. The van der Waals surface area contributed by atoms with E-state index in [1.165, 1.54) is 0 Å². The average Bonchev–Trinajstić information content (AvgIpc) is 2.95. The second kappa shape index (κ2) is 5.02. The Morgan fingerprint density at radius 2 is 2.00 bits per heavy atom. The molecular weight excluding hydrogens is 260 g/mol. The predicted octanol–water partition coefficient (Wildman–Crippen LogP) is 1.67. The quantitative estimate of drug-likeness (QED) is 0.887. The molecule has 1 saturated heterocycles. The van der Waals surface area contributed by atoms with Gasteiger partial charge in [-0.05, 0) is 25.0 Å². The largest absolute Gasteiger partial charge is 0.454 e. The third-order valence-electron chi connectivity index (χ3n) is 3.63. The van der Waals surface area contributed by atoms with Gasteiger partial charge in [0.1, 0.15) is 5.41 Å². The molecule has 0 bridgehead atoms. The fourth-order valence-corrected chi connectivity index (χ4v) is 2.33. The van der Waals surface area contributed by atoms with Crippen LogP contribution < -0.4 is 14.8 Å². The van der Waals surface area contributed by atoms with Crippen LogP contribution in [-0.2, 0) is 9.53 Å². The van der Waals surface area contributed by atoms with Gasteiger partial charge in [0, 0.05) is 25.0 Å². The molecule has 1 N–H and O–H groups in total. The highest BCUT2D eigenvalue weighted by atomic mass is 16.7. The van der Waals surface area contributed by atoms with Crippen LogP contribution >= 0.6 is 0 Å². The highest BCUT2D eigenvalue weighted by Crippen LogP contribution is 2.36. The van der Waals surface area contributed by atoms with E-state index in [1.54, 1.807) is 18.2 Å². The number of nitriles is 1. The molecule has 0 radical (unpaired) electrons. The molecule has 0 unspecified atom stereocenters. The first-order chi connectivity index (χ1) is 9.73. The molecule has 2 aliphatic rings. The highest BCUT2D eigenvalue weighted by molar-refractivity contribution is 5.97. The van der Waals surface area contributed by atoms with Crippen LogP contribution in [0.1, 0.15) is 12.8 Å². The molecule has 6 nitrogen and oxygen atoms in total. The van der Waals surface area contributed by atoms with Crippen LogP contribution in [0.5, 0.6) is 11.5 Å². The van der Waals surface area contributed by atoms with Crippen LogP contribution in [0.15, 0.2) is 18.2 Å². The van der Waals surface area contributed by atoms with Gasteiger partial charge in [-0.25, -0.2) is 0 Å². The molecule has 1 aromatic carbocycles. The monoisotopic (exact) mass is 274 g/mol. The maximum Gasteiger partial charge on any atom is 0.245 e. The summed E-state index contributed by atoms with van der Waals surface area (Å²) in [6.07, 6.45) is 0.833. The Hall–Kier alpha value is -2.26. The average molecular weight is 274 g/mol. The smallest absolute Gasteiger partial charge is 0.245 e. The fourth-order valence-electron chi connectivity index (χ4n) is 2.33. The Labute approximate surface area is 116 Å². The molecule has 2 heterocycles. The van der Waals surface area contributed by atoms with E-state index in [2.05, 4.69) is 11.4 Å². The number of anilines is 1. The number of carbonyl (C=O) groups is 1. The van der Waals surface area contributed by atoms with Gasteiger partial charge in [0.05, 0.1) is 6.07 Å². The van der Waals surface area contributed by atoms with E-state index in [-0.39, 0.29) is 12.7 Å². The minimum Gasteiger partial charge on any atom is -0.454 e. The van der Waals surface area contributed by atoms with Gasteiger partial charge in [-0.15, -0.1) is 0 Å². The van der Waals surface area contributed by atoms with E-state index < -0.39 is 5.41 Å².